The van der Waals surface area contributed by atoms with Crippen LogP contribution in [0.3, 0.4) is 0 Å². The minimum Gasteiger partial charge on any atom is -0.355 e. The Bertz CT molecular complexity index is 1480. The van der Waals surface area contributed by atoms with Gasteiger partial charge in [-0.2, -0.15) is 5.26 Å². The number of nitrogens with one attached hydrogen (secondary N) is 1. The number of aromatic nitrogens is 3. The third kappa shape index (κ3) is 3.21. The van der Waals surface area contributed by atoms with E-state index in [0.717, 1.165) is 76.7 Å². The summed E-state index contributed by atoms with van der Waals surface area (Å²) in [5.41, 5.74) is 10.7. The maximum Gasteiger partial charge on any atom is 0.148 e. The Morgan fingerprint density at radius 3 is 2.71 bits per heavy atom. The SMILES string of the molecule is Cc1cccc(-c2c(C#N)c(N3CCC4(CNC4)C3)nc3cc(-c4scnc4C)cnc23)c1C. The topological polar surface area (TPSA) is 77.7 Å². The zero-order chi connectivity index (χ0) is 23.4. The predicted molar refractivity (Wildman–Crippen MR) is 137 cm³/mol. The quantitative estimate of drug-likeness (QED) is 0.457. The molecule has 0 unspecified atom stereocenters. The van der Waals surface area contributed by atoms with Crippen molar-refractivity contribution in [2.75, 3.05) is 31.1 Å². The lowest BCUT2D eigenvalue weighted by Crippen LogP contribution is -2.54. The third-order valence-electron chi connectivity index (χ3n) is 7.54. The Hall–Kier alpha value is -3.34. The summed E-state index contributed by atoms with van der Waals surface area (Å²) < 4.78 is 0. The van der Waals surface area contributed by atoms with Gasteiger partial charge in [0.2, 0.25) is 0 Å². The first-order chi connectivity index (χ1) is 16.5. The van der Waals surface area contributed by atoms with Crippen LogP contribution in [-0.2, 0) is 0 Å². The van der Waals surface area contributed by atoms with Crippen LogP contribution in [-0.4, -0.2) is 41.1 Å². The number of pyridine rings is 2. The van der Waals surface area contributed by atoms with Gasteiger partial charge in [-0.25, -0.2) is 9.97 Å². The summed E-state index contributed by atoms with van der Waals surface area (Å²) >= 11 is 1.62. The van der Waals surface area contributed by atoms with Crippen molar-refractivity contribution in [3.8, 4) is 27.6 Å². The number of nitrogens with zero attached hydrogens (tertiary/aromatic N) is 5. The van der Waals surface area contributed by atoms with Gasteiger partial charge in [-0.05, 0) is 49.9 Å². The summed E-state index contributed by atoms with van der Waals surface area (Å²) in [7, 11) is 0. The first-order valence-electron chi connectivity index (χ1n) is 11.7. The number of hydrogen-bond donors (Lipinski definition) is 1. The van der Waals surface area contributed by atoms with E-state index in [4.69, 9.17) is 9.97 Å². The number of aryl methyl sites for hydroxylation is 2. The molecule has 1 N–H and O–H groups in total. The van der Waals surface area contributed by atoms with Crippen molar-refractivity contribution in [3.63, 3.8) is 0 Å². The fourth-order valence-electron chi connectivity index (χ4n) is 5.34. The van der Waals surface area contributed by atoms with E-state index in [9.17, 15) is 5.26 Å². The van der Waals surface area contributed by atoms with Crippen molar-refractivity contribution in [3.05, 3.63) is 58.4 Å². The lowest BCUT2D eigenvalue weighted by molar-refractivity contribution is 0.199. The van der Waals surface area contributed by atoms with E-state index in [2.05, 4.69) is 59.4 Å². The number of anilines is 1. The number of nitriles is 1. The van der Waals surface area contributed by atoms with Gasteiger partial charge in [0.25, 0.3) is 0 Å². The van der Waals surface area contributed by atoms with Crippen molar-refractivity contribution >= 4 is 28.2 Å². The van der Waals surface area contributed by atoms with Crippen molar-refractivity contribution in [1.82, 2.24) is 20.3 Å². The van der Waals surface area contributed by atoms with Gasteiger partial charge in [-0.15, -0.1) is 11.3 Å². The van der Waals surface area contributed by atoms with E-state index in [1.54, 1.807) is 11.3 Å². The van der Waals surface area contributed by atoms with Crippen LogP contribution in [0, 0.1) is 37.5 Å². The summed E-state index contributed by atoms with van der Waals surface area (Å²) in [5, 5.41) is 13.8. The highest BCUT2D eigenvalue weighted by molar-refractivity contribution is 7.13. The maximum atomic E-state index is 10.4. The molecule has 170 valence electrons. The molecule has 1 spiro atoms. The van der Waals surface area contributed by atoms with Crippen molar-refractivity contribution in [2.24, 2.45) is 5.41 Å². The highest BCUT2D eigenvalue weighted by atomic mass is 32.1. The molecule has 0 aliphatic carbocycles. The average Bonchev–Trinajstić information content (AvgIpc) is 3.46. The normalized spacial score (nSPS) is 16.7. The molecule has 2 saturated heterocycles. The van der Waals surface area contributed by atoms with Crippen LogP contribution in [0.5, 0.6) is 0 Å². The first kappa shape index (κ1) is 21.2. The third-order valence-corrected chi connectivity index (χ3v) is 8.51. The highest BCUT2D eigenvalue weighted by Gasteiger charge is 2.44. The van der Waals surface area contributed by atoms with Crippen LogP contribution >= 0.6 is 11.3 Å². The van der Waals surface area contributed by atoms with Gasteiger partial charge in [0.05, 0.1) is 27.1 Å². The van der Waals surface area contributed by atoms with Gasteiger partial charge in [0.15, 0.2) is 0 Å². The van der Waals surface area contributed by atoms with Crippen molar-refractivity contribution in [1.29, 1.82) is 5.26 Å². The number of thiazole rings is 1. The minimum absolute atomic E-state index is 0.308. The van der Waals surface area contributed by atoms with Gasteiger partial charge >= 0.3 is 0 Å². The molecule has 5 heterocycles. The zero-order valence-electron chi connectivity index (χ0n) is 19.6. The number of fused-ring (bicyclic) bond motifs is 1. The summed E-state index contributed by atoms with van der Waals surface area (Å²) in [5.74, 6) is 0.787. The number of benzene rings is 1. The van der Waals surface area contributed by atoms with E-state index >= 15 is 0 Å². The van der Waals surface area contributed by atoms with Crippen LogP contribution in [0.2, 0.25) is 0 Å². The van der Waals surface area contributed by atoms with Crippen LogP contribution in [0.4, 0.5) is 5.82 Å². The molecule has 2 fully saturated rings. The van der Waals surface area contributed by atoms with Crippen LogP contribution in [0.1, 0.15) is 28.8 Å². The van der Waals surface area contributed by atoms with Gasteiger partial charge in [0, 0.05) is 48.9 Å². The molecular weight excluding hydrogens is 440 g/mol. The largest absolute Gasteiger partial charge is 0.355 e. The van der Waals surface area contributed by atoms with Gasteiger partial charge in [0.1, 0.15) is 17.5 Å². The first-order valence-corrected chi connectivity index (χ1v) is 12.5. The summed E-state index contributed by atoms with van der Waals surface area (Å²) in [4.78, 5) is 17.8. The lowest BCUT2D eigenvalue weighted by atomic mass is 9.81. The molecule has 2 aliphatic heterocycles. The molecule has 6 rings (SSSR count). The molecule has 6 nitrogen and oxygen atoms in total. The fraction of sp³-hybridized carbons (Fsp3) is 0.333. The maximum absolute atomic E-state index is 10.4. The van der Waals surface area contributed by atoms with E-state index in [-0.39, 0.29) is 0 Å². The Morgan fingerprint density at radius 2 is 2.03 bits per heavy atom. The Balaban J connectivity index is 1.62. The Kier molecular flexibility index (Phi) is 4.91. The molecule has 4 aromatic rings. The molecule has 0 amide bonds. The minimum atomic E-state index is 0.308. The van der Waals surface area contributed by atoms with Crippen molar-refractivity contribution < 1.29 is 0 Å². The number of rotatable bonds is 3. The van der Waals surface area contributed by atoms with Gasteiger partial charge in [-0.1, -0.05) is 18.2 Å². The average molecular weight is 467 g/mol. The van der Waals surface area contributed by atoms with Crippen LogP contribution < -0.4 is 10.2 Å². The summed E-state index contributed by atoms with van der Waals surface area (Å²) in [6, 6.07) is 10.9. The zero-order valence-corrected chi connectivity index (χ0v) is 20.5. The highest BCUT2D eigenvalue weighted by Crippen LogP contribution is 2.42. The van der Waals surface area contributed by atoms with E-state index < -0.39 is 0 Å². The van der Waals surface area contributed by atoms with Crippen LogP contribution in [0.15, 0.2) is 36.0 Å². The van der Waals surface area contributed by atoms with E-state index in [1.807, 2.05) is 18.6 Å². The fourth-order valence-corrected chi connectivity index (χ4v) is 6.12. The molecule has 0 radical (unpaired) electrons. The van der Waals surface area contributed by atoms with Crippen LogP contribution in [0.25, 0.3) is 32.6 Å². The van der Waals surface area contributed by atoms with E-state index in [0.29, 0.717) is 11.0 Å². The second kappa shape index (κ2) is 7.86. The molecule has 7 heteroatoms. The summed E-state index contributed by atoms with van der Waals surface area (Å²) in [6.07, 6.45) is 3.02. The van der Waals surface area contributed by atoms with Gasteiger partial charge in [-0.3, -0.25) is 4.98 Å². The standard InChI is InChI=1S/C27H26N6S/c1-16-5-4-6-20(17(16)2)23-21(10-28)26(33-8-7-27(14-33)12-29-13-27)32-22-9-19(11-30-24(22)23)25-18(3)31-15-34-25/h4-6,9,11,15,29H,7-8,12-14H2,1-3H3. The lowest BCUT2D eigenvalue weighted by Gasteiger charge is -2.39. The molecule has 2 aliphatic rings. The Morgan fingerprint density at radius 1 is 1.18 bits per heavy atom. The second-order valence-electron chi connectivity index (χ2n) is 9.68. The van der Waals surface area contributed by atoms with Crippen molar-refractivity contribution in [2.45, 2.75) is 27.2 Å². The van der Waals surface area contributed by atoms with Gasteiger partial charge < -0.3 is 10.2 Å². The molecule has 3 aromatic heterocycles. The molecule has 34 heavy (non-hydrogen) atoms. The second-order valence-corrected chi connectivity index (χ2v) is 10.5. The predicted octanol–water partition coefficient (Wildman–Crippen LogP) is 5.02. The number of hydrogen-bond acceptors (Lipinski definition) is 7. The monoisotopic (exact) mass is 466 g/mol. The summed E-state index contributed by atoms with van der Waals surface area (Å²) in [6.45, 7) is 10.2. The molecule has 1 aromatic carbocycles. The molecule has 0 saturated carbocycles. The molecular formula is C27H26N6S. The Labute approximate surface area is 203 Å². The van der Waals surface area contributed by atoms with E-state index in [1.165, 1.54) is 11.1 Å². The molecule has 0 atom stereocenters. The smallest absolute Gasteiger partial charge is 0.148 e. The molecule has 0 bridgehead atoms.